The highest BCUT2D eigenvalue weighted by Crippen LogP contribution is 2.35. The second kappa shape index (κ2) is 4.55. The van der Waals surface area contributed by atoms with Gasteiger partial charge in [-0.3, -0.25) is 4.79 Å². The summed E-state index contributed by atoms with van der Waals surface area (Å²) >= 11 is 1.54. The molecular formula is C12H18N2OS. The number of carbonyl (C=O) groups is 1. The van der Waals surface area contributed by atoms with E-state index in [2.05, 4.69) is 6.92 Å². The molecule has 1 aliphatic carbocycles. The maximum Gasteiger partial charge on any atom is 0.244 e. The van der Waals surface area contributed by atoms with Crippen molar-refractivity contribution in [2.24, 2.45) is 11.7 Å². The van der Waals surface area contributed by atoms with Gasteiger partial charge in [0.25, 0.3) is 0 Å². The van der Waals surface area contributed by atoms with E-state index in [0.717, 1.165) is 4.88 Å². The average Bonchev–Trinajstić information content (AvgIpc) is 3.00. The van der Waals surface area contributed by atoms with Crippen molar-refractivity contribution in [3.63, 3.8) is 0 Å². The Morgan fingerprint density at radius 2 is 2.31 bits per heavy atom. The lowest BCUT2D eigenvalue weighted by molar-refractivity contribution is -0.133. The normalized spacial score (nSPS) is 19.2. The molecule has 0 spiro atoms. The second-order valence-corrected chi connectivity index (χ2v) is 5.50. The van der Waals surface area contributed by atoms with Gasteiger partial charge < -0.3 is 10.6 Å². The molecule has 0 radical (unpaired) electrons. The third kappa shape index (κ3) is 2.28. The van der Waals surface area contributed by atoms with Crippen molar-refractivity contribution in [2.45, 2.75) is 31.8 Å². The van der Waals surface area contributed by atoms with Crippen molar-refractivity contribution in [3.05, 3.63) is 22.4 Å². The third-order valence-corrected chi connectivity index (χ3v) is 4.33. The van der Waals surface area contributed by atoms with Crippen LogP contribution in [0.4, 0.5) is 0 Å². The lowest BCUT2D eigenvalue weighted by atomic mass is 10.1. The van der Waals surface area contributed by atoms with E-state index in [-0.39, 0.29) is 5.91 Å². The van der Waals surface area contributed by atoms with Crippen molar-refractivity contribution in [2.75, 3.05) is 7.05 Å². The summed E-state index contributed by atoms with van der Waals surface area (Å²) in [6.45, 7) is 2.11. The quantitative estimate of drug-likeness (QED) is 0.872. The van der Waals surface area contributed by atoms with E-state index in [1.807, 2.05) is 29.5 Å². The number of carbonyl (C=O) groups excluding carboxylic acids is 1. The zero-order valence-corrected chi connectivity index (χ0v) is 10.5. The van der Waals surface area contributed by atoms with Crippen molar-refractivity contribution in [1.82, 2.24) is 4.90 Å². The molecule has 1 fully saturated rings. The lowest BCUT2D eigenvalue weighted by Crippen LogP contribution is -2.41. The third-order valence-electron chi connectivity index (χ3n) is 3.38. The van der Waals surface area contributed by atoms with Gasteiger partial charge in [0.15, 0.2) is 0 Å². The van der Waals surface area contributed by atoms with Crippen LogP contribution < -0.4 is 5.73 Å². The minimum Gasteiger partial charge on any atom is -0.341 e. The van der Waals surface area contributed by atoms with Crippen LogP contribution in [0.3, 0.4) is 0 Å². The van der Waals surface area contributed by atoms with Gasteiger partial charge in [0.1, 0.15) is 6.04 Å². The van der Waals surface area contributed by atoms with E-state index >= 15 is 0 Å². The number of thiophene rings is 1. The molecule has 4 heteroatoms. The monoisotopic (exact) mass is 238 g/mol. The Balaban J connectivity index is 2.00. The molecule has 1 saturated carbocycles. The summed E-state index contributed by atoms with van der Waals surface area (Å²) in [5, 5.41) is 1.95. The summed E-state index contributed by atoms with van der Waals surface area (Å²) in [4.78, 5) is 14.9. The maximum absolute atomic E-state index is 12.1. The van der Waals surface area contributed by atoms with Gasteiger partial charge in [-0.15, -0.1) is 11.3 Å². The molecule has 88 valence electrons. The van der Waals surface area contributed by atoms with Gasteiger partial charge in [-0.05, 0) is 37.1 Å². The molecule has 2 unspecified atom stereocenters. The Hall–Kier alpha value is -0.870. The molecule has 2 rings (SSSR count). The number of nitrogens with two attached hydrogens (primary N) is 1. The molecule has 2 N–H and O–H groups in total. The molecule has 1 aliphatic rings. The molecule has 1 aromatic heterocycles. The summed E-state index contributed by atoms with van der Waals surface area (Å²) in [5.74, 6) is 0.714. The molecule has 1 heterocycles. The van der Waals surface area contributed by atoms with E-state index in [0.29, 0.717) is 12.0 Å². The number of rotatable bonds is 4. The minimum atomic E-state index is -0.494. The van der Waals surface area contributed by atoms with Gasteiger partial charge in [0.2, 0.25) is 5.91 Å². The fraction of sp³-hybridized carbons (Fsp3) is 0.583. The van der Waals surface area contributed by atoms with Crippen LogP contribution in [0, 0.1) is 5.92 Å². The predicted molar refractivity (Wildman–Crippen MR) is 66.2 cm³/mol. The zero-order valence-electron chi connectivity index (χ0n) is 9.72. The number of nitrogens with zero attached hydrogens (tertiary/aromatic N) is 1. The van der Waals surface area contributed by atoms with Crippen LogP contribution in [0.25, 0.3) is 0 Å². The molecule has 0 bridgehead atoms. The predicted octanol–water partition coefficient (Wildman–Crippen LogP) is 2.00. The topological polar surface area (TPSA) is 46.3 Å². The highest BCUT2D eigenvalue weighted by atomic mass is 32.1. The first-order valence-corrected chi connectivity index (χ1v) is 6.55. The van der Waals surface area contributed by atoms with Crippen molar-refractivity contribution >= 4 is 17.2 Å². The van der Waals surface area contributed by atoms with Gasteiger partial charge >= 0.3 is 0 Å². The minimum absolute atomic E-state index is 0.0295. The summed E-state index contributed by atoms with van der Waals surface area (Å²) in [6.07, 6.45) is 2.49. The van der Waals surface area contributed by atoms with Crippen LogP contribution >= 0.6 is 11.3 Å². The lowest BCUT2D eigenvalue weighted by Gasteiger charge is -2.27. The summed E-state index contributed by atoms with van der Waals surface area (Å²) < 4.78 is 0. The van der Waals surface area contributed by atoms with Crippen LogP contribution in [0.2, 0.25) is 0 Å². The largest absolute Gasteiger partial charge is 0.341 e. The molecule has 3 nitrogen and oxygen atoms in total. The fourth-order valence-electron chi connectivity index (χ4n) is 1.90. The highest BCUT2D eigenvalue weighted by Gasteiger charge is 2.34. The van der Waals surface area contributed by atoms with Crippen LogP contribution in [-0.4, -0.2) is 23.9 Å². The van der Waals surface area contributed by atoms with Gasteiger partial charge in [-0.25, -0.2) is 0 Å². The van der Waals surface area contributed by atoms with Gasteiger partial charge in [-0.2, -0.15) is 0 Å². The van der Waals surface area contributed by atoms with Crippen LogP contribution in [0.15, 0.2) is 17.5 Å². The van der Waals surface area contributed by atoms with Crippen LogP contribution in [0.5, 0.6) is 0 Å². The zero-order chi connectivity index (χ0) is 11.7. The van der Waals surface area contributed by atoms with E-state index in [1.165, 1.54) is 24.2 Å². The first-order valence-electron chi connectivity index (χ1n) is 5.67. The smallest absolute Gasteiger partial charge is 0.244 e. The van der Waals surface area contributed by atoms with Crippen molar-refractivity contribution < 1.29 is 4.79 Å². The number of hydrogen-bond acceptors (Lipinski definition) is 3. The van der Waals surface area contributed by atoms with Crippen LogP contribution in [0.1, 0.15) is 30.7 Å². The number of hydrogen-bond donors (Lipinski definition) is 1. The number of amides is 1. The Morgan fingerprint density at radius 1 is 1.62 bits per heavy atom. The first kappa shape index (κ1) is 11.6. The van der Waals surface area contributed by atoms with E-state index in [4.69, 9.17) is 5.73 Å². The molecule has 0 saturated heterocycles. The summed E-state index contributed by atoms with van der Waals surface area (Å²) in [6, 6.07) is 3.67. The fourth-order valence-corrected chi connectivity index (χ4v) is 2.62. The Labute approximate surface area is 100 Å². The van der Waals surface area contributed by atoms with E-state index in [1.54, 1.807) is 0 Å². The highest BCUT2D eigenvalue weighted by molar-refractivity contribution is 7.10. The van der Waals surface area contributed by atoms with E-state index < -0.39 is 6.04 Å². The van der Waals surface area contributed by atoms with Crippen LogP contribution in [-0.2, 0) is 4.79 Å². The molecular weight excluding hydrogens is 220 g/mol. The molecule has 1 aromatic rings. The average molecular weight is 238 g/mol. The molecule has 16 heavy (non-hydrogen) atoms. The maximum atomic E-state index is 12.1. The number of likely N-dealkylation sites (N-methyl/N-ethyl adjacent to an activating group) is 1. The summed E-state index contributed by atoms with van der Waals surface area (Å²) in [7, 11) is 1.86. The second-order valence-electron chi connectivity index (χ2n) is 4.52. The Morgan fingerprint density at radius 3 is 2.81 bits per heavy atom. The molecule has 2 atom stereocenters. The van der Waals surface area contributed by atoms with Gasteiger partial charge in [0.05, 0.1) is 0 Å². The summed E-state index contributed by atoms with van der Waals surface area (Å²) in [5.41, 5.74) is 5.96. The van der Waals surface area contributed by atoms with E-state index in [9.17, 15) is 4.79 Å². The van der Waals surface area contributed by atoms with Crippen molar-refractivity contribution in [1.29, 1.82) is 0 Å². The molecule has 0 aliphatic heterocycles. The standard InChI is InChI=1S/C12H18N2OS/c1-8(9-5-6-9)14(2)12(15)11(13)10-4-3-7-16-10/h3-4,7-9,11H,5-6,13H2,1-2H3. The Bertz CT molecular complexity index is 359. The molecule has 0 aromatic carbocycles. The van der Waals surface area contributed by atoms with Crippen molar-refractivity contribution in [3.8, 4) is 0 Å². The molecule has 1 amide bonds. The van der Waals surface area contributed by atoms with Gasteiger partial charge in [0, 0.05) is 18.0 Å². The SMILES string of the molecule is CC(C1CC1)N(C)C(=O)C(N)c1cccs1. The first-order chi connectivity index (χ1) is 7.61. The van der Waals surface area contributed by atoms with Gasteiger partial charge in [-0.1, -0.05) is 6.07 Å². The Kier molecular flexibility index (Phi) is 3.30.